The summed E-state index contributed by atoms with van der Waals surface area (Å²) in [7, 11) is 0. The smallest absolute Gasteiger partial charge is 0.221 e. The average Bonchev–Trinajstić information content (AvgIpc) is 2.44. The second-order valence-electron chi connectivity index (χ2n) is 5.21. The van der Waals surface area contributed by atoms with Gasteiger partial charge in [0.25, 0.3) is 0 Å². The van der Waals surface area contributed by atoms with Crippen molar-refractivity contribution in [1.82, 2.24) is 5.32 Å². The van der Waals surface area contributed by atoms with Crippen LogP contribution >= 0.6 is 23.2 Å². The molecule has 1 aliphatic carbocycles. The van der Waals surface area contributed by atoms with E-state index in [1.165, 1.54) is 19.3 Å². The third-order valence-corrected chi connectivity index (χ3v) is 4.31. The van der Waals surface area contributed by atoms with Crippen molar-refractivity contribution in [1.29, 1.82) is 0 Å². The molecular weight excluding hydrogens is 295 g/mol. The van der Waals surface area contributed by atoms with Crippen LogP contribution < -0.4 is 10.6 Å². The molecule has 1 saturated carbocycles. The van der Waals surface area contributed by atoms with Crippen molar-refractivity contribution in [2.24, 2.45) is 0 Å². The number of rotatable bonds is 5. The van der Waals surface area contributed by atoms with E-state index in [1.807, 2.05) is 6.07 Å². The highest BCUT2D eigenvalue weighted by molar-refractivity contribution is 6.42. The first-order valence-electron chi connectivity index (χ1n) is 7.13. The number of hydrogen-bond acceptors (Lipinski definition) is 2. The van der Waals surface area contributed by atoms with E-state index in [1.54, 1.807) is 12.1 Å². The van der Waals surface area contributed by atoms with Crippen LogP contribution in [-0.2, 0) is 4.79 Å². The summed E-state index contributed by atoms with van der Waals surface area (Å²) in [4.78, 5) is 11.8. The molecule has 0 radical (unpaired) electrons. The standard InChI is InChI=1S/C15H20Cl2N2O/c16-13-7-6-12(10-14(13)17)18-9-8-15(20)19-11-4-2-1-3-5-11/h6-7,10-11,18H,1-5,8-9H2,(H,19,20). The molecule has 2 rings (SSSR count). The van der Waals surface area contributed by atoms with Gasteiger partial charge in [-0.2, -0.15) is 0 Å². The minimum atomic E-state index is 0.115. The SMILES string of the molecule is O=C(CCNc1ccc(Cl)c(Cl)c1)NC1CCCCC1. The zero-order chi connectivity index (χ0) is 14.4. The first-order valence-corrected chi connectivity index (χ1v) is 7.89. The Morgan fingerprint density at radius 3 is 2.60 bits per heavy atom. The minimum absolute atomic E-state index is 0.115. The van der Waals surface area contributed by atoms with E-state index in [0.29, 0.717) is 29.1 Å². The first-order chi connectivity index (χ1) is 9.65. The Balaban J connectivity index is 1.69. The van der Waals surface area contributed by atoms with Gasteiger partial charge in [0.15, 0.2) is 0 Å². The summed E-state index contributed by atoms with van der Waals surface area (Å²) in [6.45, 7) is 0.594. The number of halogens is 2. The van der Waals surface area contributed by atoms with Crippen molar-refractivity contribution in [2.45, 2.75) is 44.6 Å². The van der Waals surface area contributed by atoms with E-state index in [2.05, 4.69) is 10.6 Å². The molecule has 1 fully saturated rings. The molecular formula is C15H20Cl2N2O. The van der Waals surface area contributed by atoms with Crippen LogP contribution in [0.2, 0.25) is 10.0 Å². The molecule has 0 heterocycles. The van der Waals surface area contributed by atoms with Gasteiger partial charge in [-0.15, -0.1) is 0 Å². The van der Waals surface area contributed by atoms with E-state index in [0.717, 1.165) is 18.5 Å². The molecule has 2 N–H and O–H groups in total. The number of carbonyl (C=O) groups is 1. The van der Waals surface area contributed by atoms with E-state index < -0.39 is 0 Å². The molecule has 5 heteroatoms. The van der Waals surface area contributed by atoms with E-state index in [4.69, 9.17) is 23.2 Å². The van der Waals surface area contributed by atoms with Gasteiger partial charge in [-0.05, 0) is 31.0 Å². The van der Waals surface area contributed by atoms with Gasteiger partial charge in [0.1, 0.15) is 0 Å². The fraction of sp³-hybridized carbons (Fsp3) is 0.533. The highest BCUT2D eigenvalue weighted by Crippen LogP contribution is 2.24. The van der Waals surface area contributed by atoms with Gasteiger partial charge in [-0.3, -0.25) is 4.79 Å². The number of anilines is 1. The number of hydrogen-bond donors (Lipinski definition) is 2. The monoisotopic (exact) mass is 314 g/mol. The van der Waals surface area contributed by atoms with Crippen molar-refractivity contribution < 1.29 is 4.79 Å². The number of nitrogens with one attached hydrogen (secondary N) is 2. The lowest BCUT2D eigenvalue weighted by Gasteiger charge is -2.22. The summed E-state index contributed by atoms with van der Waals surface area (Å²) in [5, 5.41) is 7.33. The Labute approximate surface area is 130 Å². The van der Waals surface area contributed by atoms with Crippen LogP contribution in [0.1, 0.15) is 38.5 Å². The lowest BCUT2D eigenvalue weighted by molar-refractivity contribution is -0.121. The number of carbonyl (C=O) groups excluding carboxylic acids is 1. The molecule has 0 atom stereocenters. The predicted octanol–water partition coefficient (Wildman–Crippen LogP) is 4.24. The van der Waals surface area contributed by atoms with Crippen LogP contribution in [0.4, 0.5) is 5.69 Å². The van der Waals surface area contributed by atoms with Crippen LogP contribution in [-0.4, -0.2) is 18.5 Å². The van der Waals surface area contributed by atoms with Crippen LogP contribution in [0.3, 0.4) is 0 Å². The van der Waals surface area contributed by atoms with Crippen molar-refractivity contribution in [3.05, 3.63) is 28.2 Å². The lowest BCUT2D eigenvalue weighted by atomic mass is 9.95. The molecule has 1 amide bonds. The fourth-order valence-corrected chi connectivity index (χ4v) is 2.77. The summed E-state index contributed by atoms with van der Waals surface area (Å²) in [6.07, 6.45) is 6.46. The summed E-state index contributed by atoms with van der Waals surface area (Å²) in [5.74, 6) is 0.115. The van der Waals surface area contributed by atoms with Gasteiger partial charge < -0.3 is 10.6 Å². The van der Waals surface area contributed by atoms with Crippen LogP contribution in [0.25, 0.3) is 0 Å². The molecule has 110 valence electrons. The molecule has 0 aliphatic heterocycles. The van der Waals surface area contributed by atoms with Gasteiger partial charge in [0, 0.05) is 24.7 Å². The Kier molecular flexibility index (Phi) is 5.99. The van der Waals surface area contributed by atoms with Crippen molar-refractivity contribution >= 4 is 34.8 Å². The Hall–Kier alpha value is -0.930. The third-order valence-electron chi connectivity index (χ3n) is 3.57. The fourth-order valence-electron chi connectivity index (χ4n) is 2.47. The molecule has 1 aromatic carbocycles. The van der Waals surface area contributed by atoms with Gasteiger partial charge in [0.2, 0.25) is 5.91 Å². The first kappa shape index (κ1) is 15.5. The maximum Gasteiger partial charge on any atom is 0.221 e. The zero-order valence-electron chi connectivity index (χ0n) is 11.4. The highest BCUT2D eigenvalue weighted by Gasteiger charge is 2.15. The molecule has 1 aromatic rings. The molecule has 3 nitrogen and oxygen atoms in total. The largest absolute Gasteiger partial charge is 0.384 e. The minimum Gasteiger partial charge on any atom is -0.384 e. The normalized spacial score (nSPS) is 15.9. The van der Waals surface area contributed by atoms with Crippen molar-refractivity contribution in [3.63, 3.8) is 0 Å². The van der Waals surface area contributed by atoms with Gasteiger partial charge in [-0.25, -0.2) is 0 Å². The predicted molar refractivity (Wildman–Crippen MR) is 84.6 cm³/mol. The van der Waals surface area contributed by atoms with Gasteiger partial charge in [0.05, 0.1) is 10.0 Å². The molecule has 0 spiro atoms. The molecule has 0 aromatic heterocycles. The molecule has 0 unspecified atom stereocenters. The number of amides is 1. The Morgan fingerprint density at radius 1 is 1.15 bits per heavy atom. The number of benzene rings is 1. The van der Waals surface area contributed by atoms with Crippen molar-refractivity contribution in [2.75, 3.05) is 11.9 Å². The third kappa shape index (κ3) is 4.88. The summed E-state index contributed by atoms with van der Waals surface area (Å²) in [5.41, 5.74) is 0.880. The van der Waals surface area contributed by atoms with Gasteiger partial charge >= 0.3 is 0 Å². The van der Waals surface area contributed by atoms with Crippen molar-refractivity contribution in [3.8, 4) is 0 Å². The maximum atomic E-state index is 11.8. The average molecular weight is 315 g/mol. The summed E-state index contributed by atoms with van der Waals surface area (Å²) in [6, 6.07) is 5.74. The lowest BCUT2D eigenvalue weighted by Crippen LogP contribution is -2.36. The molecule has 1 aliphatic rings. The highest BCUT2D eigenvalue weighted by atomic mass is 35.5. The molecule has 0 saturated heterocycles. The summed E-state index contributed by atoms with van der Waals surface area (Å²) < 4.78 is 0. The van der Waals surface area contributed by atoms with E-state index >= 15 is 0 Å². The quantitative estimate of drug-likeness (QED) is 0.853. The second kappa shape index (κ2) is 7.75. The van der Waals surface area contributed by atoms with E-state index in [9.17, 15) is 4.79 Å². The second-order valence-corrected chi connectivity index (χ2v) is 6.02. The van der Waals surface area contributed by atoms with E-state index in [-0.39, 0.29) is 5.91 Å². The Bertz CT molecular complexity index is 459. The molecule has 20 heavy (non-hydrogen) atoms. The summed E-state index contributed by atoms with van der Waals surface area (Å²) >= 11 is 11.8. The van der Waals surface area contributed by atoms with Crippen LogP contribution in [0.15, 0.2) is 18.2 Å². The van der Waals surface area contributed by atoms with Crippen LogP contribution in [0.5, 0.6) is 0 Å². The van der Waals surface area contributed by atoms with Gasteiger partial charge in [-0.1, -0.05) is 42.5 Å². The topological polar surface area (TPSA) is 41.1 Å². The molecule has 0 bridgehead atoms. The van der Waals surface area contributed by atoms with Crippen LogP contribution in [0, 0.1) is 0 Å². The maximum absolute atomic E-state index is 11.8. The zero-order valence-corrected chi connectivity index (χ0v) is 12.9. The Morgan fingerprint density at radius 2 is 1.90 bits per heavy atom.